The van der Waals surface area contributed by atoms with Crippen molar-refractivity contribution in [3.05, 3.63) is 75.9 Å². The molecular formula is C17H15BrN2. The molecule has 1 aromatic heterocycles. The lowest BCUT2D eigenvalue weighted by atomic mass is 9.98. The van der Waals surface area contributed by atoms with E-state index in [4.69, 9.17) is 5.73 Å². The molecule has 1 atom stereocenters. The number of nitrogens with two attached hydrogens (primary N) is 1. The maximum Gasteiger partial charge on any atom is 0.0702 e. The van der Waals surface area contributed by atoms with E-state index in [1.165, 1.54) is 5.56 Å². The molecule has 0 radical (unpaired) electrons. The second kappa shape index (κ2) is 5.35. The number of benzene rings is 2. The minimum Gasteiger partial charge on any atom is -0.320 e. The van der Waals surface area contributed by atoms with Gasteiger partial charge in [0.25, 0.3) is 0 Å². The summed E-state index contributed by atoms with van der Waals surface area (Å²) in [5.41, 5.74) is 10.7. The van der Waals surface area contributed by atoms with Crippen LogP contribution in [0.3, 0.4) is 0 Å². The lowest BCUT2D eigenvalue weighted by molar-refractivity contribution is 0.864. The molecule has 0 aliphatic carbocycles. The van der Waals surface area contributed by atoms with Crippen molar-refractivity contribution in [1.29, 1.82) is 0 Å². The lowest BCUT2D eigenvalue weighted by Gasteiger charge is -2.14. The number of halogens is 1. The molecule has 0 aliphatic heterocycles. The summed E-state index contributed by atoms with van der Waals surface area (Å²) < 4.78 is 1.10. The van der Waals surface area contributed by atoms with Crippen molar-refractivity contribution in [1.82, 2.24) is 4.98 Å². The minimum absolute atomic E-state index is 0.154. The first-order chi connectivity index (χ1) is 9.65. The highest BCUT2D eigenvalue weighted by atomic mass is 79.9. The van der Waals surface area contributed by atoms with Gasteiger partial charge in [-0.2, -0.15) is 0 Å². The zero-order chi connectivity index (χ0) is 14.1. The molecule has 1 unspecified atom stereocenters. The Kier molecular flexibility index (Phi) is 3.55. The number of pyridine rings is 1. The van der Waals surface area contributed by atoms with Gasteiger partial charge in [-0.3, -0.25) is 4.98 Å². The monoisotopic (exact) mass is 326 g/mol. The van der Waals surface area contributed by atoms with E-state index in [0.717, 1.165) is 26.5 Å². The molecule has 20 heavy (non-hydrogen) atoms. The van der Waals surface area contributed by atoms with Gasteiger partial charge in [0.2, 0.25) is 0 Å². The van der Waals surface area contributed by atoms with E-state index in [2.05, 4.69) is 52.1 Å². The van der Waals surface area contributed by atoms with Gasteiger partial charge in [-0.1, -0.05) is 46.3 Å². The molecule has 1 heterocycles. The van der Waals surface area contributed by atoms with Crippen LogP contribution in [0.2, 0.25) is 0 Å². The number of hydrogen-bond donors (Lipinski definition) is 1. The van der Waals surface area contributed by atoms with Gasteiger partial charge in [-0.05, 0) is 41.8 Å². The summed E-state index contributed by atoms with van der Waals surface area (Å²) in [5, 5.41) is 1.12. The van der Waals surface area contributed by atoms with Crippen molar-refractivity contribution in [3.8, 4) is 0 Å². The Bertz CT molecular complexity index is 768. The Morgan fingerprint density at radius 3 is 2.65 bits per heavy atom. The molecule has 0 bridgehead atoms. The molecular weight excluding hydrogens is 312 g/mol. The number of rotatable bonds is 2. The summed E-state index contributed by atoms with van der Waals surface area (Å²) in [5.74, 6) is 0. The van der Waals surface area contributed by atoms with E-state index in [1.807, 2.05) is 30.5 Å². The first-order valence-corrected chi connectivity index (χ1v) is 7.31. The van der Waals surface area contributed by atoms with Crippen molar-refractivity contribution < 1.29 is 0 Å². The van der Waals surface area contributed by atoms with E-state index in [0.29, 0.717) is 0 Å². The third-order valence-corrected chi connectivity index (χ3v) is 4.40. The first kappa shape index (κ1) is 13.3. The summed E-state index contributed by atoms with van der Waals surface area (Å²) in [7, 11) is 0. The van der Waals surface area contributed by atoms with Gasteiger partial charge in [0.05, 0.1) is 11.6 Å². The molecule has 2 aromatic carbocycles. The summed E-state index contributed by atoms with van der Waals surface area (Å²) in [6.45, 7) is 2.07. The first-order valence-electron chi connectivity index (χ1n) is 6.51. The predicted molar refractivity (Wildman–Crippen MR) is 86.7 cm³/mol. The molecule has 3 rings (SSSR count). The summed E-state index contributed by atoms with van der Waals surface area (Å²) >= 11 is 3.51. The molecule has 0 amide bonds. The summed E-state index contributed by atoms with van der Waals surface area (Å²) in [6, 6.07) is 16.2. The zero-order valence-corrected chi connectivity index (χ0v) is 12.8. The largest absolute Gasteiger partial charge is 0.320 e. The van der Waals surface area contributed by atoms with Gasteiger partial charge < -0.3 is 5.73 Å². The number of para-hydroxylation sites is 1. The van der Waals surface area contributed by atoms with E-state index >= 15 is 0 Å². The average molecular weight is 327 g/mol. The fraction of sp³-hybridized carbons (Fsp3) is 0.118. The van der Waals surface area contributed by atoms with Crippen molar-refractivity contribution in [2.24, 2.45) is 5.73 Å². The van der Waals surface area contributed by atoms with Crippen molar-refractivity contribution >= 4 is 26.8 Å². The van der Waals surface area contributed by atoms with Crippen molar-refractivity contribution in [3.63, 3.8) is 0 Å². The van der Waals surface area contributed by atoms with E-state index in [1.54, 1.807) is 0 Å². The Balaban J connectivity index is 2.02. The van der Waals surface area contributed by atoms with Crippen LogP contribution >= 0.6 is 15.9 Å². The molecule has 0 aliphatic rings. The number of aromatic nitrogens is 1. The van der Waals surface area contributed by atoms with Crippen LogP contribution in [0.5, 0.6) is 0 Å². The van der Waals surface area contributed by atoms with Crippen LogP contribution in [0, 0.1) is 6.92 Å². The molecule has 3 aromatic rings. The van der Waals surface area contributed by atoms with Crippen LogP contribution in [0.25, 0.3) is 10.9 Å². The number of hydrogen-bond acceptors (Lipinski definition) is 2. The molecule has 0 fully saturated rings. The Labute approximate surface area is 126 Å². The maximum atomic E-state index is 6.37. The maximum absolute atomic E-state index is 6.37. The van der Waals surface area contributed by atoms with Gasteiger partial charge >= 0.3 is 0 Å². The molecule has 0 saturated carbocycles. The quantitative estimate of drug-likeness (QED) is 0.760. The minimum atomic E-state index is -0.154. The summed E-state index contributed by atoms with van der Waals surface area (Å²) in [4.78, 5) is 4.48. The highest BCUT2D eigenvalue weighted by molar-refractivity contribution is 9.10. The third-order valence-electron chi connectivity index (χ3n) is 3.51. The standard InChI is InChI=1S/C17H15BrN2/c1-11-8-13(6-7-15(11)18)17(19)14-9-12-4-2-3-5-16(12)20-10-14/h2-10,17H,19H2,1H3. The number of fused-ring (bicyclic) bond motifs is 1. The van der Waals surface area contributed by atoms with Crippen LogP contribution in [0.15, 0.2) is 59.2 Å². The predicted octanol–water partition coefficient (Wildman–Crippen LogP) is 4.35. The van der Waals surface area contributed by atoms with Crippen LogP contribution < -0.4 is 5.73 Å². The SMILES string of the molecule is Cc1cc(C(N)c2cnc3ccccc3c2)ccc1Br. The fourth-order valence-corrected chi connectivity index (χ4v) is 2.56. The van der Waals surface area contributed by atoms with Gasteiger partial charge in [-0.15, -0.1) is 0 Å². The average Bonchev–Trinajstić information content (AvgIpc) is 2.49. The summed E-state index contributed by atoms with van der Waals surface area (Å²) in [6.07, 6.45) is 1.87. The van der Waals surface area contributed by atoms with Crippen molar-refractivity contribution in [2.45, 2.75) is 13.0 Å². The van der Waals surface area contributed by atoms with Crippen LogP contribution in [-0.2, 0) is 0 Å². The number of aryl methyl sites for hydroxylation is 1. The highest BCUT2D eigenvalue weighted by Gasteiger charge is 2.11. The second-order valence-electron chi connectivity index (χ2n) is 4.95. The van der Waals surface area contributed by atoms with Crippen molar-refractivity contribution in [2.75, 3.05) is 0 Å². The Hall–Kier alpha value is -1.71. The molecule has 2 nitrogen and oxygen atoms in total. The highest BCUT2D eigenvalue weighted by Crippen LogP contribution is 2.25. The Morgan fingerprint density at radius 2 is 1.85 bits per heavy atom. The Morgan fingerprint density at radius 1 is 1.05 bits per heavy atom. The van der Waals surface area contributed by atoms with E-state index in [9.17, 15) is 0 Å². The van der Waals surface area contributed by atoms with Gasteiger partial charge in [0.15, 0.2) is 0 Å². The number of nitrogens with zero attached hydrogens (tertiary/aromatic N) is 1. The molecule has 100 valence electrons. The molecule has 0 spiro atoms. The van der Waals surface area contributed by atoms with Crippen LogP contribution in [-0.4, -0.2) is 4.98 Å². The third kappa shape index (κ3) is 2.47. The van der Waals surface area contributed by atoms with E-state index < -0.39 is 0 Å². The smallest absolute Gasteiger partial charge is 0.0702 e. The zero-order valence-electron chi connectivity index (χ0n) is 11.2. The molecule has 2 N–H and O–H groups in total. The lowest BCUT2D eigenvalue weighted by Crippen LogP contribution is -2.12. The van der Waals surface area contributed by atoms with Crippen LogP contribution in [0.4, 0.5) is 0 Å². The second-order valence-corrected chi connectivity index (χ2v) is 5.80. The normalized spacial score (nSPS) is 12.6. The van der Waals surface area contributed by atoms with Gasteiger partial charge in [0, 0.05) is 16.1 Å². The van der Waals surface area contributed by atoms with Crippen LogP contribution in [0.1, 0.15) is 22.7 Å². The molecule has 0 saturated heterocycles. The van der Waals surface area contributed by atoms with E-state index in [-0.39, 0.29) is 6.04 Å². The van der Waals surface area contributed by atoms with Gasteiger partial charge in [0.1, 0.15) is 0 Å². The fourth-order valence-electron chi connectivity index (χ4n) is 2.31. The van der Waals surface area contributed by atoms with Gasteiger partial charge in [-0.25, -0.2) is 0 Å². The topological polar surface area (TPSA) is 38.9 Å². The molecule has 3 heteroatoms.